The third kappa shape index (κ3) is 7.16. The first kappa shape index (κ1) is 26.3. The Morgan fingerprint density at radius 3 is 2.64 bits per heavy atom. The highest BCUT2D eigenvalue weighted by Crippen LogP contribution is 2.23. The Kier molecular flexibility index (Phi) is 8.79. The van der Waals surface area contributed by atoms with E-state index in [4.69, 9.17) is 0 Å². The van der Waals surface area contributed by atoms with Gasteiger partial charge in [0, 0.05) is 61.9 Å². The molecular formula is C27H37N5O3S. The lowest BCUT2D eigenvalue weighted by atomic mass is 10.0. The molecule has 1 amide bonds. The molecule has 0 spiro atoms. The second-order valence-electron chi connectivity index (χ2n) is 9.57. The number of anilines is 1. The fraction of sp³-hybridized carbons (Fsp3) is 0.444. The number of amides is 1. The van der Waals surface area contributed by atoms with E-state index in [1.165, 1.54) is 25.1 Å². The molecule has 1 atom stereocenters. The van der Waals surface area contributed by atoms with E-state index in [9.17, 15) is 13.2 Å². The number of aromatic amines is 1. The minimum Gasteiger partial charge on any atom is -0.361 e. The molecule has 0 bridgehead atoms. The van der Waals surface area contributed by atoms with Crippen molar-refractivity contribution in [3.05, 3.63) is 65.4 Å². The predicted molar refractivity (Wildman–Crippen MR) is 146 cm³/mol. The van der Waals surface area contributed by atoms with E-state index in [2.05, 4.69) is 43.6 Å². The van der Waals surface area contributed by atoms with E-state index in [-0.39, 0.29) is 11.7 Å². The van der Waals surface area contributed by atoms with Crippen LogP contribution in [0.2, 0.25) is 0 Å². The van der Waals surface area contributed by atoms with Crippen molar-refractivity contribution >= 4 is 32.5 Å². The van der Waals surface area contributed by atoms with Crippen molar-refractivity contribution in [3.8, 4) is 0 Å². The Morgan fingerprint density at radius 1 is 1.11 bits per heavy atom. The maximum atomic E-state index is 12.0. The van der Waals surface area contributed by atoms with Gasteiger partial charge in [0.25, 0.3) is 0 Å². The van der Waals surface area contributed by atoms with Crippen LogP contribution in [0.3, 0.4) is 0 Å². The van der Waals surface area contributed by atoms with Gasteiger partial charge in [0.2, 0.25) is 15.9 Å². The summed E-state index contributed by atoms with van der Waals surface area (Å²) in [5.41, 5.74) is 5.19. The molecule has 1 unspecified atom stereocenters. The van der Waals surface area contributed by atoms with E-state index in [1.807, 2.05) is 30.3 Å². The Morgan fingerprint density at radius 2 is 1.89 bits per heavy atom. The molecule has 9 heteroatoms. The van der Waals surface area contributed by atoms with Gasteiger partial charge in [-0.15, -0.1) is 0 Å². The van der Waals surface area contributed by atoms with Crippen molar-refractivity contribution < 1.29 is 13.2 Å². The molecular weight excluding hydrogens is 474 g/mol. The number of aryl methyl sites for hydroxylation is 1. The third-order valence-electron chi connectivity index (χ3n) is 6.92. The predicted octanol–water partition coefficient (Wildman–Crippen LogP) is 3.01. The lowest BCUT2D eigenvalue weighted by Crippen LogP contribution is -2.51. The number of hydrogen-bond donors (Lipinski definition) is 4. The van der Waals surface area contributed by atoms with Crippen LogP contribution in [0, 0.1) is 0 Å². The number of carbonyl (C=O) groups excluding carboxylic acids is 1. The van der Waals surface area contributed by atoms with Gasteiger partial charge in [-0.05, 0) is 73.7 Å². The second kappa shape index (κ2) is 12.0. The van der Waals surface area contributed by atoms with Crippen LogP contribution in [0.1, 0.15) is 36.5 Å². The van der Waals surface area contributed by atoms with Crippen LogP contribution in [0.4, 0.5) is 5.69 Å². The van der Waals surface area contributed by atoms with E-state index in [1.54, 1.807) is 0 Å². The topological polar surface area (TPSA) is 106 Å². The minimum atomic E-state index is -3.30. The number of H-pyrrole nitrogens is 1. The molecule has 1 fully saturated rings. The number of piperazine rings is 1. The van der Waals surface area contributed by atoms with Crippen LogP contribution in [0.15, 0.2) is 48.7 Å². The molecule has 0 radical (unpaired) electrons. The van der Waals surface area contributed by atoms with Crippen molar-refractivity contribution in [2.24, 2.45) is 0 Å². The normalized spacial score (nSPS) is 16.9. The van der Waals surface area contributed by atoms with Gasteiger partial charge in [-0.25, -0.2) is 13.1 Å². The van der Waals surface area contributed by atoms with Gasteiger partial charge in [0.05, 0.1) is 5.75 Å². The number of fused-ring (bicyclic) bond motifs is 1. The van der Waals surface area contributed by atoms with Crippen LogP contribution in [-0.4, -0.2) is 63.5 Å². The third-order valence-corrected chi connectivity index (χ3v) is 8.25. The highest BCUT2D eigenvalue weighted by atomic mass is 32.2. The lowest BCUT2D eigenvalue weighted by molar-refractivity contribution is -0.114. The maximum absolute atomic E-state index is 12.0. The van der Waals surface area contributed by atoms with E-state index < -0.39 is 10.0 Å². The molecule has 0 saturated carbocycles. The van der Waals surface area contributed by atoms with Crippen LogP contribution in [0.25, 0.3) is 10.9 Å². The Bertz CT molecular complexity index is 1270. The van der Waals surface area contributed by atoms with Gasteiger partial charge in [0.15, 0.2) is 0 Å². The molecule has 1 aliphatic rings. The molecule has 3 aromatic rings. The first-order valence-electron chi connectivity index (χ1n) is 12.6. The Hall–Kier alpha value is -2.72. The summed E-state index contributed by atoms with van der Waals surface area (Å²) in [4.78, 5) is 17.1. The van der Waals surface area contributed by atoms with Gasteiger partial charge in [-0.1, -0.05) is 18.2 Å². The molecule has 4 rings (SSSR count). The largest absolute Gasteiger partial charge is 0.361 e. The quantitative estimate of drug-likeness (QED) is 0.317. The van der Waals surface area contributed by atoms with Crippen molar-refractivity contribution in [1.29, 1.82) is 0 Å². The van der Waals surface area contributed by atoms with Crippen molar-refractivity contribution in [1.82, 2.24) is 19.9 Å². The zero-order valence-corrected chi connectivity index (χ0v) is 22.0. The summed E-state index contributed by atoms with van der Waals surface area (Å²) >= 11 is 0. The Labute approximate surface area is 213 Å². The average molecular weight is 512 g/mol. The molecule has 1 aromatic heterocycles. The summed E-state index contributed by atoms with van der Waals surface area (Å²) in [7, 11) is -1.85. The zero-order valence-electron chi connectivity index (χ0n) is 21.1. The molecule has 1 aliphatic heterocycles. The maximum Gasteiger partial charge on any atom is 0.221 e. The molecule has 194 valence electrons. The first-order valence-corrected chi connectivity index (χ1v) is 14.3. The van der Waals surface area contributed by atoms with E-state index >= 15 is 0 Å². The summed E-state index contributed by atoms with van der Waals surface area (Å²) in [5, 5.41) is 7.47. The molecule has 0 aliphatic carbocycles. The number of nitrogens with one attached hydrogen (secondary N) is 4. The van der Waals surface area contributed by atoms with E-state index in [0.29, 0.717) is 6.04 Å². The van der Waals surface area contributed by atoms with Gasteiger partial charge in [-0.3, -0.25) is 9.69 Å². The van der Waals surface area contributed by atoms with Gasteiger partial charge in [0.1, 0.15) is 0 Å². The van der Waals surface area contributed by atoms with E-state index in [0.717, 1.165) is 74.0 Å². The monoisotopic (exact) mass is 511 g/mol. The van der Waals surface area contributed by atoms with Crippen LogP contribution >= 0.6 is 0 Å². The Balaban J connectivity index is 1.32. The van der Waals surface area contributed by atoms with Crippen LogP contribution in [-0.2, 0) is 33.4 Å². The number of carbonyl (C=O) groups is 1. The summed E-state index contributed by atoms with van der Waals surface area (Å²) in [6, 6.07) is 14.5. The lowest BCUT2D eigenvalue weighted by Gasteiger charge is -2.36. The molecule has 2 heterocycles. The smallest absolute Gasteiger partial charge is 0.221 e. The SMILES string of the molecule is CNS(=O)(=O)Cc1ccc2[nH]cc(CCCC3CNCCN3CCc3ccc(NC(C)=O)cc3)c2c1. The zero-order chi connectivity index (χ0) is 25.5. The summed E-state index contributed by atoms with van der Waals surface area (Å²) in [6.45, 7) is 5.60. The van der Waals surface area contributed by atoms with Crippen molar-refractivity contribution in [2.45, 2.75) is 44.4 Å². The molecule has 4 N–H and O–H groups in total. The highest BCUT2D eigenvalue weighted by Gasteiger charge is 2.21. The van der Waals surface area contributed by atoms with Crippen molar-refractivity contribution in [2.75, 3.05) is 38.5 Å². The standard InChI is InChI=1S/C27H37N5O3S/c1-20(33)31-24-9-6-21(7-10-24)12-14-32-15-13-29-18-25(32)5-3-4-23-17-30-27-11-8-22(16-26(23)27)19-36(34,35)28-2/h6-11,16-17,25,28-30H,3-5,12-15,18-19H2,1-2H3,(H,31,33). The molecule has 2 aromatic carbocycles. The minimum absolute atomic E-state index is 0.0112. The van der Waals surface area contributed by atoms with Gasteiger partial charge >= 0.3 is 0 Å². The first-order chi connectivity index (χ1) is 17.3. The molecule has 1 saturated heterocycles. The number of rotatable bonds is 11. The van der Waals surface area contributed by atoms with Gasteiger partial charge < -0.3 is 15.6 Å². The van der Waals surface area contributed by atoms with Crippen LogP contribution in [0.5, 0.6) is 0 Å². The number of benzene rings is 2. The number of sulfonamides is 1. The van der Waals surface area contributed by atoms with Gasteiger partial charge in [-0.2, -0.15) is 0 Å². The number of hydrogen-bond acceptors (Lipinski definition) is 5. The second-order valence-corrected chi connectivity index (χ2v) is 11.5. The number of aromatic nitrogens is 1. The number of nitrogens with zero attached hydrogens (tertiary/aromatic N) is 1. The summed E-state index contributed by atoms with van der Waals surface area (Å²) < 4.78 is 26.3. The summed E-state index contributed by atoms with van der Waals surface area (Å²) in [6.07, 6.45) is 6.17. The fourth-order valence-corrected chi connectivity index (χ4v) is 5.72. The highest BCUT2D eigenvalue weighted by molar-refractivity contribution is 7.88. The molecule has 8 nitrogen and oxygen atoms in total. The fourth-order valence-electron chi connectivity index (χ4n) is 4.95. The molecule has 36 heavy (non-hydrogen) atoms. The average Bonchev–Trinajstić information content (AvgIpc) is 3.26. The summed E-state index contributed by atoms with van der Waals surface area (Å²) in [5.74, 6) is -0.0656. The van der Waals surface area contributed by atoms with Crippen molar-refractivity contribution in [3.63, 3.8) is 0 Å². The van der Waals surface area contributed by atoms with Crippen LogP contribution < -0.4 is 15.4 Å².